The van der Waals surface area contributed by atoms with Gasteiger partial charge in [-0.3, -0.25) is 20.4 Å². The van der Waals surface area contributed by atoms with Crippen LogP contribution in [0.1, 0.15) is 40.1 Å². The normalized spacial score (nSPS) is 10.5. The van der Waals surface area contributed by atoms with Crippen molar-refractivity contribution < 1.29 is 19.1 Å². The molecule has 0 aliphatic heterocycles. The summed E-state index contributed by atoms with van der Waals surface area (Å²) in [4.78, 5) is 24.7. The van der Waals surface area contributed by atoms with Crippen molar-refractivity contribution in [1.82, 2.24) is 10.9 Å². The van der Waals surface area contributed by atoms with E-state index < -0.39 is 11.8 Å². The number of ether oxygens (including phenoxy) is 2. The monoisotopic (exact) mass is 482 g/mol. The number of halogens is 1. The second-order valence-electron chi connectivity index (χ2n) is 7.02. The van der Waals surface area contributed by atoms with Gasteiger partial charge in [-0.2, -0.15) is 0 Å². The van der Waals surface area contributed by atoms with Gasteiger partial charge in [0.15, 0.2) is 0 Å². The van der Waals surface area contributed by atoms with Gasteiger partial charge in [0.2, 0.25) is 0 Å². The average molecular weight is 483 g/mol. The predicted molar refractivity (Wildman–Crippen MR) is 122 cm³/mol. The van der Waals surface area contributed by atoms with Crippen LogP contribution in [0.4, 0.5) is 0 Å². The number of hydrogen-bond donors (Lipinski definition) is 2. The van der Waals surface area contributed by atoms with Crippen LogP contribution in [-0.4, -0.2) is 17.9 Å². The number of benzene rings is 3. The summed E-state index contributed by atoms with van der Waals surface area (Å²) in [7, 11) is 0. The van der Waals surface area contributed by atoms with Crippen LogP contribution in [0.25, 0.3) is 0 Å². The Hall–Kier alpha value is -3.32. The lowest BCUT2D eigenvalue weighted by atomic mass is 10.2. The van der Waals surface area contributed by atoms with E-state index in [1.54, 1.807) is 42.5 Å². The molecule has 0 saturated carbocycles. The minimum atomic E-state index is -0.437. The van der Waals surface area contributed by atoms with Crippen molar-refractivity contribution >= 4 is 27.7 Å². The molecule has 0 heterocycles. The van der Waals surface area contributed by atoms with Crippen molar-refractivity contribution in [3.63, 3.8) is 0 Å². The molecule has 0 aromatic heterocycles. The summed E-state index contributed by atoms with van der Waals surface area (Å²) in [5.74, 6) is 0.429. The third-order valence-electron chi connectivity index (χ3n) is 4.21. The molecule has 0 radical (unpaired) electrons. The lowest BCUT2D eigenvalue weighted by Crippen LogP contribution is -2.41. The third-order valence-corrected chi connectivity index (χ3v) is 4.83. The van der Waals surface area contributed by atoms with Gasteiger partial charge in [-0.15, -0.1) is 0 Å². The molecule has 2 N–H and O–H groups in total. The molecule has 0 atom stereocenters. The molecule has 0 aliphatic rings. The van der Waals surface area contributed by atoms with E-state index in [0.717, 1.165) is 5.56 Å². The fourth-order valence-electron chi connectivity index (χ4n) is 2.69. The van der Waals surface area contributed by atoms with Crippen LogP contribution in [-0.2, 0) is 6.61 Å². The zero-order chi connectivity index (χ0) is 22.2. The maximum Gasteiger partial charge on any atom is 0.269 e. The van der Waals surface area contributed by atoms with Gasteiger partial charge in [0.25, 0.3) is 11.8 Å². The Morgan fingerprint density at radius 2 is 1.48 bits per heavy atom. The maximum atomic E-state index is 12.3. The predicted octanol–water partition coefficient (Wildman–Crippen LogP) is 4.89. The molecule has 0 saturated heterocycles. The van der Waals surface area contributed by atoms with E-state index in [0.29, 0.717) is 33.7 Å². The molecule has 0 bridgehead atoms. The molecule has 6 nitrogen and oxygen atoms in total. The van der Waals surface area contributed by atoms with Crippen LogP contribution in [0.2, 0.25) is 0 Å². The van der Waals surface area contributed by atoms with Crippen molar-refractivity contribution in [3.05, 3.63) is 94.0 Å². The number of hydrazine groups is 1. The van der Waals surface area contributed by atoms with E-state index >= 15 is 0 Å². The van der Waals surface area contributed by atoms with Gasteiger partial charge in [-0.1, -0.05) is 30.3 Å². The van der Waals surface area contributed by atoms with E-state index in [1.165, 1.54) is 0 Å². The van der Waals surface area contributed by atoms with Crippen LogP contribution < -0.4 is 20.3 Å². The lowest BCUT2D eigenvalue weighted by molar-refractivity contribution is 0.0846. The van der Waals surface area contributed by atoms with Crippen LogP contribution in [0.3, 0.4) is 0 Å². The van der Waals surface area contributed by atoms with E-state index in [9.17, 15) is 9.59 Å². The van der Waals surface area contributed by atoms with Crippen molar-refractivity contribution in [2.24, 2.45) is 0 Å². The number of rotatable bonds is 7. The maximum absolute atomic E-state index is 12.3. The van der Waals surface area contributed by atoms with E-state index in [2.05, 4.69) is 26.8 Å². The number of carbonyl (C=O) groups excluding carboxylic acids is 2. The van der Waals surface area contributed by atoms with Gasteiger partial charge in [0.05, 0.1) is 10.6 Å². The van der Waals surface area contributed by atoms with Crippen molar-refractivity contribution in [2.45, 2.75) is 26.6 Å². The summed E-state index contributed by atoms with van der Waals surface area (Å²) in [6.07, 6.45) is 0.0189. The summed E-state index contributed by atoms with van der Waals surface area (Å²) in [6, 6.07) is 21.5. The van der Waals surface area contributed by atoms with Crippen LogP contribution in [0.5, 0.6) is 11.5 Å². The van der Waals surface area contributed by atoms with Gasteiger partial charge < -0.3 is 9.47 Å². The highest BCUT2D eigenvalue weighted by Gasteiger charge is 2.12. The Balaban J connectivity index is 1.52. The van der Waals surface area contributed by atoms with Crippen molar-refractivity contribution in [1.29, 1.82) is 0 Å². The first-order valence-electron chi connectivity index (χ1n) is 9.76. The lowest BCUT2D eigenvalue weighted by Gasteiger charge is -2.13. The fourth-order valence-corrected chi connectivity index (χ4v) is 3.17. The molecule has 3 aromatic rings. The topological polar surface area (TPSA) is 76.7 Å². The molecule has 3 aromatic carbocycles. The molecule has 3 rings (SSSR count). The molecule has 0 fully saturated rings. The smallest absolute Gasteiger partial charge is 0.269 e. The minimum absolute atomic E-state index is 0.0189. The van der Waals surface area contributed by atoms with Crippen molar-refractivity contribution in [3.8, 4) is 11.5 Å². The standard InChI is InChI=1S/C24H23BrN2O4/c1-16(2)31-22-13-10-19(14-21(22)25)24(29)27-26-23(28)18-8-11-20(12-9-18)30-15-17-6-4-3-5-7-17/h3-14,16H,15H2,1-2H3,(H,26,28)(H,27,29). The van der Waals surface area contributed by atoms with Gasteiger partial charge in [0, 0.05) is 11.1 Å². The first kappa shape index (κ1) is 22.4. The van der Waals surface area contributed by atoms with E-state index in [4.69, 9.17) is 9.47 Å². The molecular weight excluding hydrogens is 460 g/mol. The molecule has 31 heavy (non-hydrogen) atoms. The molecule has 0 spiro atoms. The molecule has 0 aliphatic carbocycles. The van der Waals surface area contributed by atoms with Crippen LogP contribution in [0.15, 0.2) is 77.3 Å². The van der Waals surface area contributed by atoms with Crippen molar-refractivity contribution in [2.75, 3.05) is 0 Å². The number of carbonyl (C=O) groups is 2. The summed E-state index contributed by atoms with van der Waals surface area (Å²) >= 11 is 3.39. The first-order valence-corrected chi connectivity index (χ1v) is 10.6. The Bertz CT molecular complexity index is 1040. The van der Waals surface area contributed by atoms with Gasteiger partial charge in [0.1, 0.15) is 18.1 Å². The van der Waals surface area contributed by atoms with E-state index in [-0.39, 0.29) is 6.10 Å². The quantitative estimate of drug-likeness (QED) is 0.470. The molecule has 160 valence electrons. The van der Waals surface area contributed by atoms with Gasteiger partial charge >= 0.3 is 0 Å². The zero-order valence-corrected chi connectivity index (χ0v) is 18.8. The van der Waals surface area contributed by atoms with Crippen LogP contribution in [0, 0.1) is 0 Å². The Morgan fingerprint density at radius 1 is 0.871 bits per heavy atom. The zero-order valence-electron chi connectivity index (χ0n) is 17.2. The summed E-state index contributed by atoms with van der Waals surface area (Å²) in [5.41, 5.74) is 6.67. The highest BCUT2D eigenvalue weighted by molar-refractivity contribution is 9.10. The summed E-state index contributed by atoms with van der Waals surface area (Å²) in [5, 5.41) is 0. The number of amides is 2. The van der Waals surface area contributed by atoms with Gasteiger partial charge in [-0.25, -0.2) is 0 Å². The second kappa shape index (κ2) is 10.6. The highest BCUT2D eigenvalue weighted by Crippen LogP contribution is 2.26. The van der Waals surface area contributed by atoms with Gasteiger partial charge in [-0.05, 0) is 77.8 Å². The SMILES string of the molecule is CC(C)Oc1ccc(C(=O)NNC(=O)c2ccc(OCc3ccccc3)cc2)cc1Br. The number of nitrogens with one attached hydrogen (secondary N) is 2. The van der Waals surface area contributed by atoms with Crippen LogP contribution >= 0.6 is 15.9 Å². The largest absolute Gasteiger partial charge is 0.490 e. The molecular formula is C24H23BrN2O4. The average Bonchev–Trinajstić information content (AvgIpc) is 2.78. The Kier molecular flexibility index (Phi) is 7.67. The minimum Gasteiger partial charge on any atom is -0.490 e. The molecule has 0 unspecified atom stereocenters. The second-order valence-corrected chi connectivity index (χ2v) is 7.87. The highest BCUT2D eigenvalue weighted by atomic mass is 79.9. The Morgan fingerprint density at radius 3 is 2.10 bits per heavy atom. The first-order chi connectivity index (χ1) is 14.9. The summed E-state index contributed by atoms with van der Waals surface area (Å²) < 4.78 is 12.0. The van der Waals surface area contributed by atoms with E-state index in [1.807, 2.05) is 44.2 Å². The Labute approximate surface area is 189 Å². The third kappa shape index (κ3) is 6.58. The molecule has 7 heteroatoms. The number of hydrogen-bond acceptors (Lipinski definition) is 4. The summed E-state index contributed by atoms with van der Waals surface area (Å²) in [6.45, 7) is 4.29. The molecule has 2 amide bonds. The fraction of sp³-hybridized carbons (Fsp3) is 0.167.